The number of hydrogen-bond donors (Lipinski definition) is 2. The van der Waals surface area contributed by atoms with Crippen LogP contribution < -0.4 is 15.8 Å². The van der Waals surface area contributed by atoms with Crippen LogP contribution in [0.2, 0.25) is 0 Å². The molecule has 0 radical (unpaired) electrons. The van der Waals surface area contributed by atoms with Gasteiger partial charge in [0, 0.05) is 20.6 Å². The molecule has 0 saturated heterocycles. The molecule has 1 unspecified atom stereocenters. The van der Waals surface area contributed by atoms with E-state index in [1.54, 1.807) is 18.9 Å². The average Bonchev–Trinajstić information content (AvgIpc) is 2.75. The van der Waals surface area contributed by atoms with Gasteiger partial charge in [-0.2, -0.15) is 0 Å². The molecule has 3 rings (SSSR count). The highest BCUT2D eigenvalue weighted by molar-refractivity contribution is 9.10. The van der Waals surface area contributed by atoms with Gasteiger partial charge in [0.1, 0.15) is 11.8 Å². The van der Waals surface area contributed by atoms with E-state index in [2.05, 4.69) is 21.2 Å². The van der Waals surface area contributed by atoms with Crippen LogP contribution in [0.1, 0.15) is 11.6 Å². The van der Waals surface area contributed by atoms with Crippen molar-refractivity contribution in [3.8, 4) is 5.75 Å². The molecule has 1 aliphatic heterocycles. The van der Waals surface area contributed by atoms with Crippen LogP contribution in [0.5, 0.6) is 5.75 Å². The van der Waals surface area contributed by atoms with E-state index in [-0.39, 0.29) is 5.91 Å². The molecule has 0 saturated carbocycles. The van der Waals surface area contributed by atoms with E-state index in [1.165, 1.54) is 0 Å². The first-order valence-corrected chi connectivity index (χ1v) is 7.92. The maximum Gasteiger partial charge on any atom is 0.245 e. The van der Waals surface area contributed by atoms with Gasteiger partial charge in [0.15, 0.2) is 0 Å². The number of hydrogen-bond acceptors (Lipinski definition) is 4. The molecule has 0 bridgehead atoms. The minimum Gasteiger partial charge on any atom is -0.496 e. The number of amides is 1. The number of methoxy groups -OCH3 is 1. The molecule has 4 nitrogen and oxygen atoms in total. The number of halogens is 1. The summed E-state index contributed by atoms with van der Waals surface area (Å²) < 4.78 is 6.26. The molecule has 3 N–H and O–H groups in total. The lowest BCUT2D eigenvalue weighted by molar-refractivity contribution is -0.116. The van der Waals surface area contributed by atoms with Gasteiger partial charge in [0.2, 0.25) is 5.91 Å². The number of ether oxygens (including phenoxy) is 1. The number of carbonyl (C=O) groups is 1. The van der Waals surface area contributed by atoms with Crippen LogP contribution in [0, 0.1) is 0 Å². The van der Waals surface area contributed by atoms with Crippen molar-refractivity contribution in [3.63, 3.8) is 0 Å². The molecule has 1 aliphatic rings. The number of nitrogens with two attached hydrogens (primary N) is 1. The molecule has 1 amide bonds. The van der Waals surface area contributed by atoms with Gasteiger partial charge < -0.3 is 15.8 Å². The summed E-state index contributed by atoms with van der Waals surface area (Å²) in [4.78, 5) is 13.6. The summed E-state index contributed by atoms with van der Waals surface area (Å²) in [6.07, 6.45) is 0. The van der Waals surface area contributed by atoms with Crippen LogP contribution in [0.25, 0.3) is 0 Å². The molecule has 6 heteroatoms. The molecular weight excluding hydrogens is 352 g/mol. The van der Waals surface area contributed by atoms with Crippen LogP contribution in [0.15, 0.2) is 50.7 Å². The summed E-state index contributed by atoms with van der Waals surface area (Å²) in [5, 5.41) is 2.80. The average molecular weight is 365 g/mol. The predicted molar refractivity (Wildman–Crippen MR) is 86.8 cm³/mol. The number of benzene rings is 2. The largest absolute Gasteiger partial charge is 0.496 e. The third kappa shape index (κ3) is 2.66. The van der Waals surface area contributed by atoms with Gasteiger partial charge in [0.25, 0.3) is 0 Å². The highest BCUT2D eigenvalue weighted by Gasteiger charge is 2.28. The van der Waals surface area contributed by atoms with E-state index in [9.17, 15) is 4.79 Å². The summed E-state index contributed by atoms with van der Waals surface area (Å²) >= 11 is 5.11. The molecule has 0 fully saturated rings. The maximum atomic E-state index is 11.6. The van der Waals surface area contributed by atoms with Crippen LogP contribution in [0.3, 0.4) is 0 Å². The Kier molecular flexibility index (Phi) is 3.93. The van der Waals surface area contributed by atoms with Gasteiger partial charge in [0.05, 0.1) is 12.0 Å². The standard InChI is InChI=1S/C15H13BrN2O2S/c1-20-11-4-2-3-5-12(11)21-13-7-10-8(6-9(13)16)14(17)15(19)18-10/h2-7,14H,17H2,1H3,(H,18,19). The zero-order chi connectivity index (χ0) is 15.0. The summed E-state index contributed by atoms with van der Waals surface area (Å²) in [6, 6.07) is 11.0. The Morgan fingerprint density at radius 1 is 1.29 bits per heavy atom. The predicted octanol–water partition coefficient (Wildman–Crippen LogP) is 3.56. The first kappa shape index (κ1) is 14.4. The summed E-state index contributed by atoms with van der Waals surface area (Å²) in [5.74, 6) is 0.645. The van der Waals surface area contributed by atoms with E-state index in [4.69, 9.17) is 10.5 Å². The molecule has 0 aliphatic carbocycles. The molecule has 0 aromatic heterocycles. The van der Waals surface area contributed by atoms with Crippen molar-refractivity contribution < 1.29 is 9.53 Å². The topological polar surface area (TPSA) is 64.3 Å². The molecule has 1 heterocycles. The van der Waals surface area contributed by atoms with Crippen molar-refractivity contribution >= 4 is 39.3 Å². The fourth-order valence-corrected chi connectivity index (χ4v) is 3.76. The number of anilines is 1. The molecule has 0 spiro atoms. The molecule has 21 heavy (non-hydrogen) atoms. The van der Waals surface area contributed by atoms with Gasteiger partial charge in [-0.3, -0.25) is 4.79 Å². The van der Waals surface area contributed by atoms with Crippen molar-refractivity contribution in [3.05, 3.63) is 46.4 Å². The van der Waals surface area contributed by atoms with Gasteiger partial charge >= 0.3 is 0 Å². The Labute approximate surface area is 135 Å². The van der Waals surface area contributed by atoms with Crippen LogP contribution in [0.4, 0.5) is 5.69 Å². The van der Waals surface area contributed by atoms with E-state index in [1.807, 2.05) is 36.4 Å². The third-order valence-electron chi connectivity index (χ3n) is 3.27. The van der Waals surface area contributed by atoms with E-state index >= 15 is 0 Å². The van der Waals surface area contributed by atoms with Gasteiger partial charge in [-0.25, -0.2) is 0 Å². The first-order chi connectivity index (χ1) is 10.1. The Hall–Kier alpha value is -1.50. The highest BCUT2D eigenvalue weighted by Crippen LogP contribution is 2.42. The van der Waals surface area contributed by atoms with Crippen molar-refractivity contribution in [1.29, 1.82) is 0 Å². The lowest BCUT2D eigenvalue weighted by Gasteiger charge is -2.11. The van der Waals surface area contributed by atoms with Crippen molar-refractivity contribution in [2.75, 3.05) is 12.4 Å². The quantitative estimate of drug-likeness (QED) is 0.873. The lowest BCUT2D eigenvalue weighted by atomic mass is 10.1. The Bertz CT molecular complexity index is 721. The smallest absolute Gasteiger partial charge is 0.245 e. The lowest BCUT2D eigenvalue weighted by Crippen LogP contribution is -2.19. The highest BCUT2D eigenvalue weighted by atomic mass is 79.9. The van der Waals surface area contributed by atoms with E-state index < -0.39 is 6.04 Å². The van der Waals surface area contributed by atoms with Crippen LogP contribution >= 0.6 is 27.7 Å². The number of para-hydroxylation sites is 1. The van der Waals surface area contributed by atoms with Crippen LogP contribution in [-0.4, -0.2) is 13.0 Å². The number of nitrogens with one attached hydrogen (secondary N) is 1. The van der Waals surface area contributed by atoms with E-state index in [0.29, 0.717) is 0 Å². The van der Waals surface area contributed by atoms with Gasteiger partial charge in [-0.1, -0.05) is 23.9 Å². The van der Waals surface area contributed by atoms with Gasteiger partial charge in [-0.15, -0.1) is 0 Å². The zero-order valence-corrected chi connectivity index (χ0v) is 13.6. The summed E-state index contributed by atoms with van der Waals surface area (Å²) in [5.41, 5.74) is 7.43. The summed E-state index contributed by atoms with van der Waals surface area (Å²) in [7, 11) is 1.65. The van der Waals surface area contributed by atoms with E-state index in [0.717, 1.165) is 31.3 Å². The Morgan fingerprint density at radius 3 is 2.81 bits per heavy atom. The third-order valence-corrected chi connectivity index (χ3v) is 5.30. The number of rotatable bonds is 3. The van der Waals surface area contributed by atoms with Gasteiger partial charge in [-0.05, 0) is 40.2 Å². The van der Waals surface area contributed by atoms with Crippen LogP contribution in [-0.2, 0) is 4.79 Å². The number of carbonyl (C=O) groups excluding carboxylic acids is 1. The Balaban J connectivity index is 1.98. The molecule has 1 atom stereocenters. The monoisotopic (exact) mass is 364 g/mol. The first-order valence-electron chi connectivity index (χ1n) is 6.31. The second kappa shape index (κ2) is 5.71. The second-order valence-corrected chi connectivity index (χ2v) is 6.53. The van der Waals surface area contributed by atoms with Crippen molar-refractivity contribution in [2.45, 2.75) is 15.8 Å². The number of fused-ring (bicyclic) bond motifs is 1. The second-order valence-electron chi connectivity index (χ2n) is 4.59. The zero-order valence-electron chi connectivity index (χ0n) is 11.2. The van der Waals surface area contributed by atoms with Crippen molar-refractivity contribution in [2.24, 2.45) is 5.73 Å². The molecule has 2 aromatic rings. The molecule has 108 valence electrons. The minimum absolute atomic E-state index is 0.170. The fourth-order valence-electron chi connectivity index (χ4n) is 2.19. The Morgan fingerprint density at radius 2 is 2.05 bits per heavy atom. The summed E-state index contributed by atoms with van der Waals surface area (Å²) in [6.45, 7) is 0. The minimum atomic E-state index is -0.596. The SMILES string of the molecule is COc1ccccc1Sc1cc2c(cc1Br)C(N)C(=O)N2. The fraction of sp³-hybridized carbons (Fsp3) is 0.133. The van der Waals surface area contributed by atoms with Crippen molar-refractivity contribution in [1.82, 2.24) is 0 Å². The maximum absolute atomic E-state index is 11.6. The molecular formula is C15H13BrN2O2S. The normalized spacial score (nSPS) is 16.5. The molecule has 2 aromatic carbocycles.